The number of rotatable bonds is 5. The van der Waals surface area contributed by atoms with Crippen molar-refractivity contribution < 1.29 is 9.53 Å². The van der Waals surface area contributed by atoms with Gasteiger partial charge in [-0.15, -0.1) is 0 Å². The quantitative estimate of drug-likeness (QED) is 0.616. The zero-order valence-electron chi connectivity index (χ0n) is 16.8. The Morgan fingerprint density at radius 1 is 1.28 bits per heavy atom. The van der Waals surface area contributed by atoms with Gasteiger partial charge in [0.25, 0.3) is 0 Å². The molecule has 0 radical (unpaired) electrons. The minimum atomic E-state index is -0.0780. The summed E-state index contributed by atoms with van der Waals surface area (Å²) in [5, 5.41) is 7.69. The van der Waals surface area contributed by atoms with Gasteiger partial charge in [-0.25, -0.2) is 0 Å². The maximum absolute atomic E-state index is 11.4. The van der Waals surface area contributed by atoms with Crippen LogP contribution in [0.2, 0.25) is 0 Å². The molecule has 0 aliphatic carbocycles. The second kappa shape index (κ2) is 7.43. The molecule has 2 heterocycles. The lowest BCUT2D eigenvalue weighted by molar-refractivity contribution is 0.112. The molecule has 1 atom stereocenters. The summed E-state index contributed by atoms with van der Waals surface area (Å²) in [7, 11) is 1.88. The van der Waals surface area contributed by atoms with Gasteiger partial charge in [-0.1, -0.05) is 24.8 Å². The Hall–Kier alpha value is -3.60. The smallest absolute Gasteiger partial charge is 0.152 e. The number of nitrogens with zero attached hydrogens (tertiary/aromatic N) is 2. The van der Waals surface area contributed by atoms with Crippen molar-refractivity contribution in [3.63, 3.8) is 0 Å². The monoisotopic (exact) mass is 385 g/mol. The molecule has 0 amide bonds. The molecule has 0 fully saturated rings. The Morgan fingerprint density at radius 2 is 2.07 bits per heavy atom. The van der Waals surface area contributed by atoms with E-state index >= 15 is 0 Å². The minimum Gasteiger partial charge on any atom is -0.456 e. The number of aromatic nitrogens is 2. The molecular formula is C24H23N3O2. The molecule has 1 aliphatic rings. The van der Waals surface area contributed by atoms with Crippen molar-refractivity contribution in [1.29, 1.82) is 0 Å². The maximum atomic E-state index is 11.4. The van der Waals surface area contributed by atoms with Gasteiger partial charge in [0.15, 0.2) is 6.29 Å². The van der Waals surface area contributed by atoms with Crippen LogP contribution in [-0.2, 0) is 7.05 Å². The van der Waals surface area contributed by atoms with Crippen molar-refractivity contribution in [3.05, 3.63) is 89.3 Å². The van der Waals surface area contributed by atoms with E-state index in [4.69, 9.17) is 4.74 Å². The number of aryl methyl sites for hydroxylation is 2. The van der Waals surface area contributed by atoms with Crippen molar-refractivity contribution in [2.75, 3.05) is 5.32 Å². The number of carbonyl (C=O) groups excluding carboxylic acids is 1. The Labute approximate surface area is 170 Å². The molecule has 1 aliphatic heterocycles. The lowest BCUT2D eigenvalue weighted by Gasteiger charge is -2.26. The summed E-state index contributed by atoms with van der Waals surface area (Å²) in [4.78, 5) is 11.4. The van der Waals surface area contributed by atoms with E-state index in [9.17, 15) is 4.79 Å². The molecule has 2 aromatic carbocycles. The largest absolute Gasteiger partial charge is 0.456 e. The first-order chi connectivity index (χ1) is 14.0. The third-order valence-corrected chi connectivity index (χ3v) is 5.04. The lowest BCUT2D eigenvalue weighted by Crippen LogP contribution is -2.13. The molecule has 0 bridgehead atoms. The molecule has 1 unspecified atom stereocenters. The highest BCUT2D eigenvalue weighted by molar-refractivity contribution is 5.88. The molecule has 1 N–H and O–H groups in total. The molecule has 29 heavy (non-hydrogen) atoms. The van der Waals surface area contributed by atoms with E-state index in [1.54, 1.807) is 16.9 Å². The lowest BCUT2D eigenvalue weighted by atomic mass is 9.93. The van der Waals surface area contributed by atoms with Crippen LogP contribution in [0.3, 0.4) is 0 Å². The molecular weight excluding hydrogens is 362 g/mol. The Balaban J connectivity index is 1.73. The Bertz CT molecular complexity index is 1140. The SMILES string of the molecule is C=C1C=C(c2cnn(C)c2)Oc2c1cc(C)cc2C(C)Nc1ccccc1C=O. The van der Waals surface area contributed by atoms with Gasteiger partial charge in [-0.05, 0) is 49.3 Å². The summed E-state index contributed by atoms with van der Waals surface area (Å²) in [6, 6.07) is 11.6. The Kier molecular flexibility index (Phi) is 4.80. The van der Waals surface area contributed by atoms with Crippen LogP contribution in [0.25, 0.3) is 11.3 Å². The van der Waals surface area contributed by atoms with Crippen molar-refractivity contribution in [1.82, 2.24) is 9.78 Å². The van der Waals surface area contributed by atoms with Gasteiger partial charge >= 0.3 is 0 Å². The highest BCUT2D eigenvalue weighted by Gasteiger charge is 2.24. The normalized spacial score (nSPS) is 13.9. The number of ether oxygens (including phenoxy) is 1. The second-order valence-corrected chi connectivity index (χ2v) is 7.34. The van der Waals surface area contributed by atoms with E-state index in [0.717, 1.165) is 51.3 Å². The zero-order valence-corrected chi connectivity index (χ0v) is 16.8. The fourth-order valence-electron chi connectivity index (χ4n) is 3.58. The highest BCUT2D eigenvalue weighted by atomic mass is 16.5. The van der Waals surface area contributed by atoms with Gasteiger partial charge in [0.1, 0.15) is 11.5 Å². The van der Waals surface area contributed by atoms with Crippen LogP contribution in [0, 0.1) is 6.92 Å². The van der Waals surface area contributed by atoms with Gasteiger partial charge in [-0.3, -0.25) is 9.48 Å². The van der Waals surface area contributed by atoms with Gasteiger partial charge in [0.05, 0.1) is 17.8 Å². The molecule has 0 saturated carbocycles. The van der Waals surface area contributed by atoms with Gasteiger partial charge in [0.2, 0.25) is 0 Å². The van der Waals surface area contributed by atoms with Crippen molar-refractivity contribution >= 4 is 23.3 Å². The fraction of sp³-hybridized carbons (Fsp3) is 0.167. The van der Waals surface area contributed by atoms with Crippen LogP contribution in [-0.4, -0.2) is 16.1 Å². The Morgan fingerprint density at radius 3 is 2.79 bits per heavy atom. The topological polar surface area (TPSA) is 56.1 Å². The minimum absolute atomic E-state index is 0.0780. The number of anilines is 1. The van der Waals surface area contributed by atoms with Crippen molar-refractivity contribution in [2.24, 2.45) is 7.05 Å². The summed E-state index contributed by atoms with van der Waals surface area (Å²) in [5.74, 6) is 1.51. The van der Waals surface area contributed by atoms with Crippen LogP contribution in [0.4, 0.5) is 5.69 Å². The molecule has 0 spiro atoms. The number of benzene rings is 2. The number of hydrogen-bond donors (Lipinski definition) is 1. The van der Waals surface area contributed by atoms with Crippen molar-refractivity contribution in [3.8, 4) is 5.75 Å². The first kappa shape index (κ1) is 18.7. The summed E-state index contributed by atoms with van der Waals surface area (Å²) in [5.41, 5.74) is 6.33. The van der Waals surface area contributed by atoms with Gasteiger partial charge in [0, 0.05) is 35.6 Å². The predicted octanol–water partition coefficient (Wildman–Crippen LogP) is 5.16. The van der Waals surface area contributed by atoms with E-state index in [1.165, 1.54) is 0 Å². The van der Waals surface area contributed by atoms with Crippen LogP contribution < -0.4 is 10.1 Å². The summed E-state index contributed by atoms with van der Waals surface area (Å²) in [6.07, 6.45) is 6.50. The van der Waals surface area contributed by atoms with E-state index in [2.05, 4.69) is 43.0 Å². The number of allylic oxidation sites excluding steroid dienone is 2. The maximum Gasteiger partial charge on any atom is 0.152 e. The average Bonchev–Trinajstić information content (AvgIpc) is 3.14. The van der Waals surface area contributed by atoms with E-state index < -0.39 is 0 Å². The molecule has 0 saturated heterocycles. The van der Waals surface area contributed by atoms with Crippen molar-refractivity contribution in [2.45, 2.75) is 19.9 Å². The van der Waals surface area contributed by atoms with Crippen LogP contribution in [0.5, 0.6) is 5.75 Å². The highest BCUT2D eigenvalue weighted by Crippen LogP contribution is 2.42. The molecule has 5 heteroatoms. The third kappa shape index (κ3) is 3.59. The van der Waals surface area contributed by atoms with E-state index in [-0.39, 0.29) is 6.04 Å². The first-order valence-electron chi connectivity index (χ1n) is 9.49. The summed E-state index contributed by atoms with van der Waals surface area (Å²) >= 11 is 0. The third-order valence-electron chi connectivity index (χ3n) is 5.04. The fourth-order valence-corrected chi connectivity index (χ4v) is 3.58. The predicted molar refractivity (Wildman–Crippen MR) is 116 cm³/mol. The standard InChI is InChI=1S/C24H23N3O2/c1-15-9-20-16(2)11-23(19-12-25-27(4)13-19)29-24(20)21(10-15)17(3)26-22-8-6-5-7-18(22)14-28/h5-14,17,26H,2H2,1,3-4H3. The first-order valence-corrected chi connectivity index (χ1v) is 9.49. The molecule has 4 rings (SSSR count). The second-order valence-electron chi connectivity index (χ2n) is 7.34. The number of carbonyl (C=O) groups is 1. The van der Waals surface area contributed by atoms with Crippen LogP contribution >= 0.6 is 0 Å². The van der Waals surface area contributed by atoms with E-state index in [0.29, 0.717) is 5.56 Å². The molecule has 1 aromatic heterocycles. The summed E-state index contributed by atoms with van der Waals surface area (Å²) in [6.45, 7) is 8.36. The zero-order chi connectivity index (χ0) is 20.5. The van der Waals surface area contributed by atoms with E-state index in [1.807, 2.05) is 37.5 Å². The number of para-hydroxylation sites is 1. The summed E-state index contributed by atoms with van der Waals surface area (Å²) < 4.78 is 8.09. The molecule has 146 valence electrons. The molecule has 3 aromatic rings. The number of nitrogens with one attached hydrogen (secondary N) is 1. The van der Waals surface area contributed by atoms with Gasteiger partial charge in [-0.2, -0.15) is 5.10 Å². The number of aldehydes is 1. The van der Waals surface area contributed by atoms with Crippen LogP contribution in [0.15, 0.2) is 61.4 Å². The average molecular weight is 385 g/mol. The van der Waals surface area contributed by atoms with Crippen LogP contribution in [0.1, 0.15) is 45.6 Å². The number of hydrogen-bond acceptors (Lipinski definition) is 4. The molecule has 5 nitrogen and oxygen atoms in total. The van der Waals surface area contributed by atoms with Gasteiger partial charge < -0.3 is 10.1 Å². The number of fused-ring (bicyclic) bond motifs is 1.